The summed E-state index contributed by atoms with van der Waals surface area (Å²) in [6, 6.07) is 13.3. The maximum absolute atomic E-state index is 12.2. The fourth-order valence-corrected chi connectivity index (χ4v) is 2.21. The minimum Gasteiger partial charge on any atom is -0.493 e. The van der Waals surface area contributed by atoms with E-state index in [2.05, 4.69) is 13.8 Å². The van der Waals surface area contributed by atoms with Gasteiger partial charge in [0.1, 0.15) is 5.75 Å². The number of hydrogen-bond acceptors (Lipinski definition) is 3. The largest absolute Gasteiger partial charge is 0.493 e. The summed E-state index contributed by atoms with van der Waals surface area (Å²) in [4.78, 5) is 12.2. The maximum Gasteiger partial charge on any atom is 0.255 e. The molecular weight excluding hydrogens is 276 g/mol. The molecule has 0 aliphatic heterocycles. The number of ether oxygens (including phenoxy) is 1. The van der Waals surface area contributed by atoms with Crippen LogP contribution in [0.2, 0.25) is 0 Å². The van der Waals surface area contributed by atoms with Crippen LogP contribution < -0.4 is 10.3 Å². The van der Waals surface area contributed by atoms with Gasteiger partial charge in [0.05, 0.1) is 24.8 Å². The first kappa shape index (κ1) is 15.8. The van der Waals surface area contributed by atoms with Crippen LogP contribution in [0.4, 0.5) is 0 Å². The molecule has 2 aromatic rings. The Bertz CT molecular complexity index is 754. The van der Waals surface area contributed by atoms with E-state index < -0.39 is 0 Å². The van der Waals surface area contributed by atoms with E-state index in [0.717, 1.165) is 17.0 Å². The lowest BCUT2D eigenvalue weighted by atomic mass is 10.1. The molecule has 0 saturated carbocycles. The number of nitrogens with zero attached hydrogens (tertiary/aromatic N) is 2. The number of hydrogen-bond donors (Lipinski definition) is 0. The molecule has 1 heterocycles. The van der Waals surface area contributed by atoms with Gasteiger partial charge in [-0.25, -0.2) is 0 Å². The highest BCUT2D eigenvalue weighted by Crippen LogP contribution is 2.23. The molecule has 0 unspecified atom stereocenters. The van der Waals surface area contributed by atoms with Crippen molar-refractivity contribution in [1.82, 2.24) is 4.57 Å². The highest BCUT2D eigenvalue weighted by atomic mass is 16.5. The smallest absolute Gasteiger partial charge is 0.255 e. The van der Waals surface area contributed by atoms with Gasteiger partial charge in [-0.2, -0.15) is 5.26 Å². The summed E-state index contributed by atoms with van der Waals surface area (Å²) < 4.78 is 7.31. The third-order valence-corrected chi connectivity index (χ3v) is 3.37. The summed E-state index contributed by atoms with van der Waals surface area (Å²) in [6.45, 7) is 4.85. The van der Waals surface area contributed by atoms with E-state index in [1.165, 1.54) is 0 Å². The van der Waals surface area contributed by atoms with E-state index >= 15 is 0 Å². The molecule has 0 fully saturated rings. The predicted octanol–water partition coefficient (Wildman–Crippen LogP) is 3.15. The van der Waals surface area contributed by atoms with Crippen LogP contribution in [0.5, 0.6) is 5.75 Å². The summed E-state index contributed by atoms with van der Waals surface area (Å²) in [6.07, 6.45) is 0.129. The van der Waals surface area contributed by atoms with Gasteiger partial charge in [0.2, 0.25) is 0 Å². The number of benzene rings is 1. The first-order valence-electron chi connectivity index (χ1n) is 7.32. The molecule has 114 valence electrons. The van der Waals surface area contributed by atoms with Gasteiger partial charge in [-0.05, 0) is 24.1 Å². The molecule has 22 heavy (non-hydrogen) atoms. The standard InChI is InChI=1S/C18H20N2O2/c1-13(2)12-22-16-6-4-5-15(11-16)17-8-7-14(9-10-19)18(21)20(17)3/h4-8,11,13H,9,12H2,1-3H3. The molecule has 0 bridgehead atoms. The van der Waals surface area contributed by atoms with Crippen molar-refractivity contribution in [3.63, 3.8) is 0 Å². The van der Waals surface area contributed by atoms with Crippen LogP contribution in [0.15, 0.2) is 41.2 Å². The maximum atomic E-state index is 12.2. The van der Waals surface area contributed by atoms with Gasteiger partial charge in [-0.3, -0.25) is 4.79 Å². The summed E-state index contributed by atoms with van der Waals surface area (Å²) >= 11 is 0. The monoisotopic (exact) mass is 296 g/mol. The van der Waals surface area contributed by atoms with E-state index in [0.29, 0.717) is 18.1 Å². The van der Waals surface area contributed by atoms with Crippen molar-refractivity contribution in [1.29, 1.82) is 5.26 Å². The van der Waals surface area contributed by atoms with E-state index in [9.17, 15) is 4.79 Å². The fraction of sp³-hybridized carbons (Fsp3) is 0.333. The average molecular weight is 296 g/mol. The molecule has 2 rings (SSSR count). The molecule has 0 atom stereocenters. The molecule has 0 aliphatic rings. The Hall–Kier alpha value is -2.54. The highest BCUT2D eigenvalue weighted by Gasteiger charge is 2.08. The van der Waals surface area contributed by atoms with Gasteiger partial charge in [0.25, 0.3) is 5.56 Å². The number of nitriles is 1. The molecule has 0 radical (unpaired) electrons. The van der Waals surface area contributed by atoms with Crippen molar-refractivity contribution >= 4 is 0 Å². The molecule has 0 spiro atoms. The van der Waals surface area contributed by atoms with Crippen molar-refractivity contribution in [2.24, 2.45) is 13.0 Å². The summed E-state index contributed by atoms with van der Waals surface area (Å²) in [5.41, 5.74) is 2.11. The first-order chi connectivity index (χ1) is 10.5. The van der Waals surface area contributed by atoms with Gasteiger partial charge >= 0.3 is 0 Å². The van der Waals surface area contributed by atoms with Crippen molar-refractivity contribution < 1.29 is 4.74 Å². The van der Waals surface area contributed by atoms with Gasteiger partial charge < -0.3 is 9.30 Å². The van der Waals surface area contributed by atoms with Crippen molar-refractivity contribution in [3.8, 4) is 23.1 Å². The molecule has 1 aromatic carbocycles. The zero-order chi connectivity index (χ0) is 16.1. The summed E-state index contributed by atoms with van der Waals surface area (Å²) in [5.74, 6) is 1.25. The predicted molar refractivity (Wildman–Crippen MR) is 86.8 cm³/mol. The van der Waals surface area contributed by atoms with Crippen LogP contribution in [-0.2, 0) is 13.5 Å². The second-order valence-corrected chi connectivity index (χ2v) is 5.68. The van der Waals surface area contributed by atoms with Crippen LogP contribution in [0, 0.1) is 17.2 Å². The lowest BCUT2D eigenvalue weighted by Gasteiger charge is -2.12. The van der Waals surface area contributed by atoms with Gasteiger partial charge in [-0.1, -0.05) is 32.0 Å². The molecule has 0 amide bonds. The van der Waals surface area contributed by atoms with E-state index in [-0.39, 0.29) is 12.0 Å². The van der Waals surface area contributed by atoms with Gasteiger partial charge in [-0.15, -0.1) is 0 Å². The molecule has 4 heteroatoms. The van der Waals surface area contributed by atoms with Crippen LogP contribution in [0.1, 0.15) is 19.4 Å². The molecule has 1 aromatic heterocycles. The number of rotatable bonds is 5. The summed E-state index contributed by atoms with van der Waals surface area (Å²) in [7, 11) is 1.72. The Morgan fingerprint density at radius 2 is 2.05 bits per heavy atom. The molecular formula is C18H20N2O2. The van der Waals surface area contributed by atoms with Crippen LogP contribution >= 0.6 is 0 Å². The SMILES string of the molecule is CC(C)COc1cccc(-c2ccc(CC#N)c(=O)n2C)c1. The third kappa shape index (κ3) is 3.56. The lowest BCUT2D eigenvalue weighted by molar-refractivity contribution is 0.271. The van der Waals surface area contributed by atoms with Crippen LogP contribution in [-0.4, -0.2) is 11.2 Å². The highest BCUT2D eigenvalue weighted by molar-refractivity contribution is 5.62. The average Bonchev–Trinajstić information content (AvgIpc) is 2.50. The van der Waals surface area contributed by atoms with Gasteiger partial charge in [0.15, 0.2) is 0 Å². The molecule has 4 nitrogen and oxygen atoms in total. The molecule has 0 saturated heterocycles. The Morgan fingerprint density at radius 3 is 2.73 bits per heavy atom. The van der Waals surface area contributed by atoms with Crippen LogP contribution in [0.25, 0.3) is 11.3 Å². The Kier molecular flexibility index (Phi) is 5.00. The van der Waals surface area contributed by atoms with Crippen molar-refractivity contribution in [2.75, 3.05) is 6.61 Å². The Morgan fingerprint density at radius 1 is 1.27 bits per heavy atom. The summed E-state index contributed by atoms with van der Waals surface area (Å²) in [5, 5.41) is 8.75. The quantitative estimate of drug-likeness (QED) is 0.851. The van der Waals surface area contributed by atoms with Crippen molar-refractivity contribution in [3.05, 3.63) is 52.3 Å². The van der Waals surface area contributed by atoms with E-state index in [1.807, 2.05) is 36.4 Å². The first-order valence-corrected chi connectivity index (χ1v) is 7.32. The lowest BCUT2D eigenvalue weighted by Crippen LogP contribution is -2.22. The molecule has 0 aliphatic carbocycles. The van der Waals surface area contributed by atoms with Crippen molar-refractivity contribution in [2.45, 2.75) is 20.3 Å². The van der Waals surface area contributed by atoms with E-state index in [4.69, 9.17) is 10.00 Å². The fourth-order valence-electron chi connectivity index (χ4n) is 2.21. The second kappa shape index (κ2) is 6.95. The Labute approximate surface area is 130 Å². The number of pyridine rings is 1. The minimum absolute atomic E-state index is 0.129. The normalized spacial score (nSPS) is 10.5. The molecule has 0 N–H and O–H groups in total. The van der Waals surface area contributed by atoms with Crippen LogP contribution in [0.3, 0.4) is 0 Å². The van der Waals surface area contributed by atoms with E-state index in [1.54, 1.807) is 17.7 Å². The number of aromatic nitrogens is 1. The zero-order valence-electron chi connectivity index (χ0n) is 13.2. The second-order valence-electron chi connectivity index (χ2n) is 5.68. The van der Waals surface area contributed by atoms with Gasteiger partial charge in [0, 0.05) is 18.2 Å². The minimum atomic E-state index is -0.132. The zero-order valence-corrected chi connectivity index (χ0v) is 13.2. The third-order valence-electron chi connectivity index (χ3n) is 3.37. The Balaban J connectivity index is 2.36. The topological polar surface area (TPSA) is 55.0 Å².